The highest BCUT2D eigenvalue weighted by molar-refractivity contribution is 7.71. The average molecular weight is 397 g/mol. The third-order valence-electron chi connectivity index (χ3n) is 3.64. The van der Waals surface area contributed by atoms with Crippen molar-refractivity contribution in [3.8, 4) is 34.3 Å². The van der Waals surface area contributed by atoms with Crippen molar-refractivity contribution in [2.24, 2.45) is 0 Å². The highest BCUT2D eigenvalue weighted by atomic mass is 32.1. The molecular formula is C17H14F3N3O3S. The number of ether oxygens (including phenoxy) is 3. The first kappa shape index (κ1) is 18.8. The van der Waals surface area contributed by atoms with Crippen molar-refractivity contribution in [3.05, 3.63) is 47.2 Å². The Bertz CT molecular complexity index is 997. The van der Waals surface area contributed by atoms with Gasteiger partial charge in [-0.25, -0.2) is 0 Å². The van der Waals surface area contributed by atoms with Gasteiger partial charge in [0.25, 0.3) is 0 Å². The zero-order valence-electron chi connectivity index (χ0n) is 14.2. The molecule has 142 valence electrons. The molecule has 0 atom stereocenters. The van der Waals surface area contributed by atoms with E-state index >= 15 is 0 Å². The number of aromatic amines is 1. The molecule has 3 aromatic rings. The normalized spacial score (nSPS) is 11.3. The molecule has 1 aromatic heterocycles. The summed E-state index contributed by atoms with van der Waals surface area (Å²) in [5.41, 5.74) is 1.20. The number of benzene rings is 2. The number of nitrogens with one attached hydrogen (secondary N) is 1. The van der Waals surface area contributed by atoms with Crippen LogP contribution in [-0.2, 0) is 0 Å². The molecule has 0 amide bonds. The van der Waals surface area contributed by atoms with Crippen LogP contribution in [0.4, 0.5) is 13.2 Å². The molecule has 0 bridgehead atoms. The molecule has 0 aliphatic rings. The molecule has 0 saturated heterocycles. The Hall–Kier alpha value is -3.01. The first-order valence-corrected chi connectivity index (χ1v) is 7.99. The van der Waals surface area contributed by atoms with Crippen LogP contribution in [0, 0.1) is 4.77 Å². The Morgan fingerprint density at radius 1 is 1.00 bits per heavy atom. The smallest absolute Gasteiger partial charge is 0.493 e. The largest absolute Gasteiger partial charge is 0.573 e. The lowest BCUT2D eigenvalue weighted by Gasteiger charge is -2.12. The second-order valence-electron chi connectivity index (χ2n) is 5.30. The van der Waals surface area contributed by atoms with Crippen molar-refractivity contribution >= 4 is 12.2 Å². The molecule has 0 fully saturated rings. The highest BCUT2D eigenvalue weighted by Crippen LogP contribution is 2.33. The summed E-state index contributed by atoms with van der Waals surface area (Å²) >= 11 is 5.26. The fraction of sp³-hybridized carbons (Fsp3) is 0.176. The van der Waals surface area contributed by atoms with Crippen LogP contribution in [0.1, 0.15) is 0 Å². The van der Waals surface area contributed by atoms with Crippen LogP contribution in [0.25, 0.3) is 17.1 Å². The van der Waals surface area contributed by atoms with Crippen molar-refractivity contribution in [2.75, 3.05) is 14.2 Å². The van der Waals surface area contributed by atoms with E-state index in [9.17, 15) is 13.2 Å². The molecule has 10 heteroatoms. The van der Waals surface area contributed by atoms with E-state index in [2.05, 4.69) is 14.9 Å². The minimum atomic E-state index is -4.75. The van der Waals surface area contributed by atoms with Crippen molar-refractivity contribution in [3.63, 3.8) is 0 Å². The number of rotatable bonds is 5. The Balaban J connectivity index is 2.02. The highest BCUT2D eigenvalue weighted by Gasteiger charge is 2.31. The van der Waals surface area contributed by atoms with Crippen LogP contribution in [0.15, 0.2) is 42.5 Å². The number of hydrogen-bond donors (Lipinski definition) is 1. The topological polar surface area (TPSA) is 61.3 Å². The van der Waals surface area contributed by atoms with Gasteiger partial charge in [0.05, 0.1) is 19.9 Å². The van der Waals surface area contributed by atoms with Crippen molar-refractivity contribution in [2.45, 2.75) is 6.36 Å². The standard InChI is InChI=1S/C17H14F3N3O3S/c1-24-13-8-3-10(9-14(13)25-2)15-21-22-16(27)23(15)11-4-6-12(7-5-11)26-17(18,19)20/h3-9H,1-2H3,(H,22,27). The maximum Gasteiger partial charge on any atom is 0.573 e. The molecule has 0 unspecified atom stereocenters. The molecule has 0 spiro atoms. The van der Waals surface area contributed by atoms with Crippen LogP contribution in [-0.4, -0.2) is 35.3 Å². The van der Waals surface area contributed by atoms with E-state index in [1.165, 1.54) is 38.5 Å². The van der Waals surface area contributed by atoms with Gasteiger partial charge in [-0.15, -0.1) is 13.2 Å². The third-order valence-corrected chi connectivity index (χ3v) is 3.92. The summed E-state index contributed by atoms with van der Waals surface area (Å²) in [5, 5.41) is 6.90. The quantitative estimate of drug-likeness (QED) is 0.642. The monoisotopic (exact) mass is 397 g/mol. The van der Waals surface area contributed by atoms with Gasteiger partial charge in [0.2, 0.25) is 0 Å². The Morgan fingerprint density at radius 3 is 2.26 bits per heavy atom. The molecular weight excluding hydrogens is 383 g/mol. The molecule has 6 nitrogen and oxygen atoms in total. The molecule has 0 saturated carbocycles. The van der Waals surface area contributed by atoms with E-state index in [4.69, 9.17) is 21.7 Å². The molecule has 27 heavy (non-hydrogen) atoms. The van der Waals surface area contributed by atoms with Crippen LogP contribution < -0.4 is 14.2 Å². The van der Waals surface area contributed by atoms with Gasteiger partial charge in [-0.1, -0.05) is 0 Å². The van der Waals surface area contributed by atoms with E-state index in [0.717, 1.165) is 0 Å². The van der Waals surface area contributed by atoms with Gasteiger partial charge in [-0.2, -0.15) is 5.10 Å². The lowest BCUT2D eigenvalue weighted by molar-refractivity contribution is -0.274. The van der Waals surface area contributed by atoms with Crippen LogP contribution in [0.2, 0.25) is 0 Å². The molecule has 0 aliphatic heterocycles. The minimum Gasteiger partial charge on any atom is -0.493 e. The van der Waals surface area contributed by atoms with E-state index in [0.29, 0.717) is 28.6 Å². The Labute approximate surface area is 157 Å². The summed E-state index contributed by atoms with van der Waals surface area (Å²) in [6.45, 7) is 0. The second-order valence-corrected chi connectivity index (χ2v) is 5.69. The van der Waals surface area contributed by atoms with Gasteiger partial charge in [-0.3, -0.25) is 9.67 Å². The molecule has 2 aromatic carbocycles. The van der Waals surface area contributed by atoms with Crippen LogP contribution >= 0.6 is 12.2 Å². The van der Waals surface area contributed by atoms with Crippen molar-refractivity contribution < 1.29 is 27.4 Å². The molecule has 0 aliphatic carbocycles. The maximum absolute atomic E-state index is 12.3. The summed E-state index contributed by atoms with van der Waals surface area (Å²) in [5.74, 6) is 1.19. The SMILES string of the molecule is COc1ccc(-c2n[nH]c(=S)n2-c2ccc(OC(F)(F)F)cc2)cc1OC. The number of nitrogens with zero attached hydrogens (tertiary/aromatic N) is 2. The van der Waals surface area contributed by atoms with Crippen LogP contribution in [0.5, 0.6) is 17.2 Å². The lowest BCUT2D eigenvalue weighted by atomic mass is 10.2. The zero-order chi connectivity index (χ0) is 19.6. The molecule has 1 heterocycles. The summed E-state index contributed by atoms with van der Waals surface area (Å²) < 4.78 is 53.2. The summed E-state index contributed by atoms with van der Waals surface area (Å²) in [7, 11) is 3.04. The third kappa shape index (κ3) is 4.05. The minimum absolute atomic E-state index is 0.282. The molecule has 0 radical (unpaired) electrons. The van der Waals surface area contributed by atoms with Crippen molar-refractivity contribution in [1.82, 2.24) is 14.8 Å². The Kier molecular flexibility index (Phi) is 5.08. The van der Waals surface area contributed by atoms with E-state index < -0.39 is 6.36 Å². The van der Waals surface area contributed by atoms with Gasteiger partial charge < -0.3 is 14.2 Å². The fourth-order valence-electron chi connectivity index (χ4n) is 2.50. The second kappa shape index (κ2) is 7.31. The van der Waals surface area contributed by atoms with E-state index in [1.807, 2.05) is 0 Å². The number of alkyl halides is 3. The summed E-state index contributed by atoms with van der Waals surface area (Å²) in [6, 6.07) is 10.5. The zero-order valence-corrected chi connectivity index (χ0v) is 15.0. The van der Waals surface area contributed by atoms with Crippen molar-refractivity contribution in [1.29, 1.82) is 0 Å². The average Bonchev–Trinajstić information content (AvgIpc) is 3.02. The van der Waals surface area contributed by atoms with Gasteiger partial charge in [0, 0.05) is 5.56 Å². The predicted molar refractivity (Wildman–Crippen MR) is 94.0 cm³/mol. The van der Waals surface area contributed by atoms with Gasteiger partial charge >= 0.3 is 6.36 Å². The van der Waals surface area contributed by atoms with Crippen LogP contribution in [0.3, 0.4) is 0 Å². The number of methoxy groups -OCH3 is 2. The number of halogens is 3. The van der Waals surface area contributed by atoms with Gasteiger partial charge in [0.1, 0.15) is 5.75 Å². The number of aromatic nitrogens is 3. The Morgan fingerprint density at radius 2 is 1.67 bits per heavy atom. The molecule has 3 rings (SSSR count). The number of H-pyrrole nitrogens is 1. The van der Waals surface area contributed by atoms with E-state index in [-0.39, 0.29) is 10.5 Å². The number of hydrogen-bond acceptors (Lipinski definition) is 5. The first-order chi connectivity index (χ1) is 12.8. The molecule has 1 N–H and O–H groups in total. The van der Waals surface area contributed by atoms with Gasteiger partial charge in [0.15, 0.2) is 22.1 Å². The van der Waals surface area contributed by atoms with Gasteiger partial charge in [-0.05, 0) is 54.7 Å². The first-order valence-electron chi connectivity index (χ1n) is 7.58. The maximum atomic E-state index is 12.3. The fourth-order valence-corrected chi connectivity index (χ4v) is 2.74. The van der Waals surface area contributed by atoms with E-state index in [1.54, 1.807) is 22.8 Å². The lowest BCUT2D eigenvalue weighted by Crippen LogP contribution is -2.17. The summed E-state index contributed by atoms with van der Waals surface area (Å²) in [4.78, 5) is 0. The summed E-state index contributed by atoms with van der Waals surface area (Å²) in [6.07, 6.45) is -4.75. The predicted octanol–water partition coefficient (Wildman–Crippen LogP) is 4.51.